The molecule has 5 nitrogen and oxygen atoms in total. The second kappa shape index (κ2) is 7.09. The average molecular weight is 368 g/mol. The number of halogens is 2. The molecule has 136 valence electrons. The summed E-state index contributed by atoms with van der Waals surface area (Å²) in [6.45, 7) is 2.31. The number of piperidine rings is 1. The van der Waals surface area contributed by atoms with Gasteiger partial charge in [0.2, 0.25) is 0 Å². The normalized spacial score (nSPS) is 31.8. The molecule has 0 spiro atoms. The minimum atomic E-state index is -0.462. The first-order valence-electron chi connectivity index (χ1n) is 9.00. The summed E-state index contributed by atoms with van der Waals surface area (Å²) in [6, 6.07) is 5.21. The van der Waals surface area contributed by atoms with Crippen molar-refractivity contribution in [2.75, 3.05) is 19.7 Å². The van der Waals surface area contributed by atoms with E-state index in [9.17, 15) is 9.18 Å². The zero-order valence-corrected chi connectivity index (χ0v) is 14.8. The number of urea groups is 1. The minimum absolute atomic E-state index is 0.0339. The van der Waals surface area contributed by atoms with Gasteiger partial charge in [0.15, 0.2) is 0 Å². The summed E-state index contributed by atoms with van der Waals surface area (Å²) in [7, 11) is 0. The van der Waals surface area contributed by atoms with E-state index in [2.05, 4.69) is 10.6 Å². The highest BCUT2D eigenvalue weighted by atomic mass is 35.5. The van der Waals surface area contributed by atoms with E-state index in [1.165, 1.54) is 12.1 Å². The number of amides is 2. The van der Waals surface area contributed by atoms with Crippen molar-refractivity contribution in [3.05, 3.63) is 34.6 Å². The first-order chi connectivity index (χ1) is 12.1. The van der Waals surface area contributed by atoms with Crippen molar-refractivity contribution in [2.45, 2.75) is 49.9 Å². The van der Waals surface area contributed by atoms with Gasteiger partial charge in [-0.2, -0.15) is 0 Å². The maximum Gasteiger partial charge on any atom is 0.318 e. The van der Waals surface area contributed by atoms with Crippen molar-refractivity contribution in [1.82, 2.24) is 15.5 Å². The van der Waals surface area contributed by atoms with Gasteiger partial charge in [0, 0.05) is 25.2 Å². The quantitative estimate of drug-likeness (QED) is 0.845. The zero-order valence-electron chi connectivity index (χ0n) is 14.0. The van der Waals surface area contributed by atoms with Gasteiger partial charge in [-0.15, -0.1) is 0 Å². The molecule has 3 saturated heterocycles. The van der Waals surface area contributed by atoms with Gasteiger partial charge in [0.1, 0.15) is 11.9 Å². The molecule has 3 aliphatic rings. The second-order valence-electron chi connectivity index (χ2n) is 7.06. The largest absolute Gasteiger partial charge is 0.371 e. The number of hydrogen-bond acceptors (Lipinski definition) is 3. The van der Waals surface area contributed by atoms with Crippen LogP contribution in [0.25, 0.3) is 0 Å². The SMILES string of the molecule is O=C(N[C@@H]1CCO[C@H]1c1ccc(Cl)c(F)c1)N1CCC[C@@H]2NCC[C@@H]21. The number of nitrogens with zero attached hydrogens (tertiary/aromatic N) is 1. The molecule has 3 heterocycles. The van der Waals surface area contributed by atoms with Gasteiger partial charge in [0.05, 0.1) is 11.1 Å². The molecule has 25 heavy (non-hydrogen) atoms. The molecule has 4 rings (SSSR count). The summed E-state index contributed by atoms with van der Waals surface area (Å²) in [5.74, 6) is -0.462. The Bertz CT molecular complexity index is 659. The standard InChI is InChI=1S/C18H23ClFN3O2/c19-12-4-3-11(10-13(12)20)17-15(6-9-25-17)22-18(24)23-8-1-2-14-16(23)5-7-21-14/h3-4,10,14-17,21H,1-2,5-9H2,(H,22,24)/t14-,15+,16-,17-/m0/s1. The molecule has 0 aliphatic carbocycles. The third-order valence-corrected chi connectivity index (χ3v) is 5.87. The lowest BCUT2D eigenvalue weighted by Crippen LogP contribution is -2.55. The first-order valence-corrected chi connectivity index (χ1v) is 9.38. The Morgan fingerprint density at radius 3 is 3.08 bits per heavy atom. The molecule has 4 atom stereocenters. The zero-order chi connectivity index (χ0) is 17.4. The number of likely N-dealkylation sites (tertiary alicyclic amines) is 1. The average Bonchev–Trinajstić information content (AvgIpc) is 3.26. The predicted octanol–water partition coefficient (Wildman–Crippen LogP) is 2.85. The van der Waals surface area contributed by atoms with Crippen LogP contribution in [0.15, 0.2) is 18.2 Å². The lowest BCUT2D eigenvalue weighted by molar-refractivity contribution is 0.0944. The van der Waals surface area contributed by atoms with Gasteiger partial charge in [-0.05, 0) is 49.9 Å². The van der Waals surface area contributed by atoms with Gasteiger partial charge in [-0.1, -0.05) is 17.7 Å². The number of ether oxygens (including phenoxy) is 1. The number of hydrogen-bond donors (Lipinski definition) is 2. The highest BCUT2D eigenvalue weighted by Gasteiger charge is 2.39. The Morgan fingerprint density at radius 2 is 2.24 bits per heavy atom. The number of carbonyl (C=O) groups excluding carboxylic acids is 1. The molecule has 7 heteroatoms. The summed E-state index contributed by atoms with van der Waals surface area (Å²) in [5, 5.41) is 6.70. The number of nitrogens with one attached hydrogen (secondary N) is 2. The lowest BCUT2D eigenvalue weighted by atomic mass is 9.97. The fourth-order valence-electron chi connectivity index (χ4n) is 4.32. The van der Waals surface area contributed by atoms with E-state index in [1.54, 1.807) is 6.07 Å². The number of carbonyl (C=O) groups is 1. The molecular formula is C18H23ClFN3O2. The number of rotatable bonds is 2. The van der Waals surface area contributed by atoms with Crippen molar-refractivity contribution >= 4 is 17.6 Å². The van der Waals surface area contributed by atoms with Gasteiger partial charge < -0.3 is 20.3 Å². The van der Waals surface area contributed by atoms with Gasteiger partial charge in [-0.25, -0.2) is 9.18 Å². The summed E-state index contributed by atoms with van der Waals surface area (Å²) >= 11 is 5.76. The van der Waals surface area contributed by atoms with E-state index >= 15 is 0 Å². The van der Waals surface area contributed by atoms with Crippen molar-refractivity contribution in [1.29, 1.82) is 0 Å². The Labute approximate surface area is 151 Å². The van der Waals surface area contributed by atoms with Crippen LogP contribution in [0, 0.1) is 5.82 Å². The molecule has 0 saturated carbocycles. The third-order valence-electron chi connectivity index (χ3n) is 5.56. The van der Waals surface area contributed by atoms with E-state index in [-0.39, 0.29) is 29.2 Å². The fraction of sp³-hybridized carbons (Fsp3) is 0.611. The molecule has 0 bridgehead atoms. The third kappa shape index (κ3) is 3.35. The maximum atomic E-state index is 13.8. The second-order valence-corrected chi connectivity index (χ2v) is 7.47. The lowest BCUT2D eigenvalue weighted by Gasteiger charge is -2.38. The van der Waals surface area contributed by atoms with E-state index in [1.807, 2.05) is 4.90 Å². The molecule has 0 radical (unpaired) electrons. The van der Waals surface area contributed by atoms with E-state index in [0.29, 0.717) is 18.2 Å². The molecule has 0 aromatic heterocycles. The van der Waals surface area contributed by atoms with Crippen LogP contribution in [0.2, 0.25) is 5.02 Å². The van der Waals surface area contributed by atoms with E-state index in [4.69, 9.17) is 16.3 Å². The van der Waals surface area contributed by atoms with Crippen molar-refractivity contribution in [3.63, 3.8) is 0 Å². The Morgan fingerprint density at radius 1 is 1.36 bits per heavy atom. The molecule has 1 aromatic carbocycles. The molecule has 1 aromatic rings. The van der Waals surface area contributed by atoms with Crippen molar-refractivity contribution in [3.8, 4) is 0 Å². The highest BCUT2D eigenvalue weighted by Crippen LogP contribution is 2.32. The molecule has 2 amide bonds. The van der Waals surface area contributed by atoms with Crippen LogP contribution in [0.4, 0.5) is 9.18 Å². The summed E-state index contributed by atoms with van der Waals surface area (Å²) in [5.41, 5.74) is 0.712. The van der Waals surface area contributed by atoms with E-state index < -0.39 is 5.82 Å². The van der Waals surface area contributed by atoms with Crippen LogP contribution in [-0.2, 0) is 4.74 Å². The Hall–Kier alpha value is -1.37. The summed E-state index contributed by atoms with van der Waals surface area (Å²) in [6.07, 6.45) is 3.55. The molecule has 3 aliphatic heterocycles. The maximum absolute atomic E-state index is 13.8. The Balaban J connectivity index is 1.45. The van der Waals surface area contributed by atoms with Gasteiger partial charge >= 0.3 is 6.03 Å². The highest BCUT2D eigenvalue weighted by molar-refractivity contribution is 6.30. The van der Waals surface area contributed by atoms with Crippen LogP contribution in [0.1, 0.15) is 37.4 Å². The Kier molecular flexibility index (Phi) is 4.84. The topological polar surface area (TPSA) is 53.6 Å². The molecule has 2 N–H and O–H groups in total. The van der Waals surface area contributed by atoms with Crippen LogP contribution in [0.5, 0.6) is 0 Å². The van der Waals surface area contributed by atoms with E-state index in [0.717, 1.165) is 38.8 Å². The predicted molar refractivity (Wildman–Crippen MR) is 93.2 cm³/mol. The smallest absolute Gasteiger partial charge is 0.318 e. The molecule has 0 unspecified atom stereocenters. The first kappa shape index (κ1) is 17.1. The molecular weight excluding hydrogens is 345 g/mol. The minimum Gasteiger partial charge on any atom is -0.371 e. The van der Waals surface area contributed by atoms with Crippen LogP contribution in [0.3, 0.4) is 0 Å². The fourth-order valence-corrected chi connectivity index (χ4v) is 4.44. The number of benzene rings is 1. The molecule has 3 fully saturated rings. The summed E-state index contributed by atoms with van der Waals surface area (Å²) in [4.78, 5) is 14.8. The van der Waals surface area contributed by atoms with Crippen molar-refractivity contribution in [2.24, 2.45) is 0 Å². The summed E-state index contributed by atoms with van der Waals surface area (Å²) < 4.78 is 19.5. The van der Waals surface area contributed by atoms with Crippen LogP contribution in [-0.4, -0.2) is 48.8 Å². The van der Waals surface area contributed by atoms with Crippen molar-refractivity contribution < 1.29 is 13.9 Å². The monoisotopic (exact) mass is 367 g/mol. The van der Waals surface area contributed by atoms with Gasteiger partial charge in [-0.3, -0.25) is 0 Å². The van der Waals surface area contributed by atoms with Crippen LogP contribution >= 0.6 is 11.6 Å². The number of fused-ring (bicyclic) bond motifs is 1. The van der Waals surface area contributed by atoms with Gasteiger partial charge in [0.25, 0.3) is 0 Å². The van der Waals surface area contributed by atoms with Crippen LogP contribution < -0.4 is 10.6 Å².